The number of pyridine rings is 1. The van der Waals surface area contributed by atoms with Crippen molar-refractivity contribution in [3.63, 3.8) is 0 Å². The van der Waals surface area contributed by atoms with E-state index in [1.807, 2.05) is 6.92 Å². The Morgan fingerprint density at radius 3 is 2.62 bits per heavy atom. The van der Waals surface area contributed by atoms with Gasteiger partial charge in [0.25, 0.3) is 5.91 Å². The van der Waals surface area contributed by atoms with Crippen molar-refractivity contribution < 1.29 is 9.53 Å². The third-order valence-electron chi connectivity index (χ3n) is 2.57. The SMILES string of the molecule is Cc1cc(Cl)c(Cl)cc1OCC(=O)Nc1ccc(Cl)cn1. The van der Waals surface area contributed by atoms with Crippen molar-refractivity contribution >= 4 is 46.5 Å². The first-order valence-corrected chi connectivity index (χ1v) is 7.09. The third-order valence-corrected chi connectivity index (χ3v) is 3.52. The number of ether oxygens (including phenoxy) is 1. The van der Waals surface area contributed by atoms with Gasteiger partial charge in [-0.2, -0.15) is 0 Å². The van der Waals surface area contributed by atoms with Crippen molar-refractivity contribution in [3.8, 4) is 5.75 Å². The van der Waals surface area contributed by atoms with E-state index in [1.54, 1.807) is 24.3 Å². The number of rotatable bonds is 4. The molecule has 0 unspecified atom stereocenters. The molecule has 21 heavy (non-hydrogen) atoms. The maximum atomic E-state index is 11.8. The molecule has 110 valence electrons. The van der Waals surface area contributed by atoms with E-state index in [0.717, 1.165) is 5.56 Å². The highest BCUT2D eigenvalue weighted by Crippen LogP contribution is 2.30. The monoisotopic (exact) mass is 344 g/mol. The number of halogens is 3. The van der Waals surface area contributed by atoms with Crippen LogP contribution < -0.4 is 10.1 Å². The molecule has 0 aliphatic rings. The lowest BCUT2D eigenvalue weighted by molar-refractivity contribution is -0.118. The molecule has 1 heterocycles. The molecular formula is C14H11Cl3N2O2. The Morgan fingerprint density at radius 2 is 1.95 bits per heavy atom. The number of hydrogen-bond donors (Lipinski definition) is 1. The fourth-order valence-corrected chi connectivity index (χ4v) is 2.04. The first-order chi connectivity index (χ1) is 9.95. The summed E-state index contributed by atoms with van der Waals surface area (Å²) in [7, 11) is 0. The number of nitrogens with one attached hydrogen (secondary N) is 1. The highest BCUT2D eigenvalue weighted by Gasteiger charge is 2.09. The second kappa shape index (κ2) is 6.98. The first-order valence-electron chi connectivity index (χ1n) is 5.95. The fourth-order valence-electron chi connectivity index (χ4n) is 1.56. The Hall–Kier alpha value is -1.49. The Bertz CT molecular complexity index is 660. The van der Waals surface area contributed by atoms with Crippen LogP contribution in [0.4, 0.5) is 5.82 Å². The quantitative estimate of drug-likeness (QED) is 0.895. The van der Waals surface area contributed by atoms with Crippen LogP contribution in [0.3, 0.4) is 0 Å². The smallest absolute Gasteiger partial charge is 0.263 e. The molecule has 1 N–H and O–H groups in total. The van der Waals surface area contributed by atoms with Crippen molar-refractivity contribution in [3.05, 3.63) is 51.1 Å². The standard InChI is InChI=1S/C14H11Cl3N2O2/c1-8-4-10(16)11(17)5-12(8)21-7-14(20)19-13-3-2-9(15)6-18-13/h2-6H,7H2,1H3,(H,18,19,20). The maximum Gasteiger partial charge on any atom is 0.263 e. The van der Waals surface area contributed by atoms with Gasteiger partial charge in [0.15, 0.2) is 6.61 Å². The van der Waals surface area contributed by atoms with Gasteiger partial charge in [-0.3, -0.25) is 4.79 Å². The summed E-state index contributed by atoms with van der Waals surface area (Å²) in [6, 6.07) is 6.49. The Kier molecular flexibility index (Phi) is 5.28. The van der Waals surface area contributed by atoms with Gasteiger partial charge in [-0.05, 0) is 30.7 Å². The lowest BCUT2D eigenvalue weighted by Crippen LogP contribution is -2.20. The fraction of sp³-hybridized carbons (Fsp3) is 0.143. The number of carbonyl (C=O) groups is 1. The second-order valence-corrected chi connectivity index (χ2v) is 5.48. The van der Waals surface area contributed by atoms with E-state index in [0.29, 0.717) is 26.6 Å². The summed E-state index contributed by atoms with van der Waals surface area (Å²) in [4.78, 5) is 15.7. The van der Waals surface area contributed by atoms with Gasteiger partial charge in [0, 0.05) is 12.3 Å². The zero-order valence-corrected chi connectivity index (χ0v) is 13.3. The summed E-state index contributed by atoms with van der Waals surface area (Å²) in [5, 5.41) is 3.90. The number of carbonyl (C=O) groups excluding carboxylic acids is 1. The Balaban J connectivity index is 1.95. The minimum Gasteiger partial charge on any atom is -0.483 e. The van der Waals surface area contributed by atoms with Crippen LogP contribution >= 0.6 is 34.8 Å². The molecule has 0 saturated heterocycles. The number of anilines is 1. The summed E-state index contributed by atoms with van der Waals surface area (Å²) in [6.45, 7) is 1.65. The van der Waals surface area contributed by atoms with E-state index in [1.165, 1.54) is 6.20 Å². The molecule has 2 aromatic rings. The number of nitrogens with zero attached hydrogens (tertiary/aromatic N) is 1. The molecule has 0 saturated carbocycles. The van der Waals surface area contributed by atoms with Crippen molar-refractivity contribution in [1.82, 2.24) is 4.98 Å². The Labute approximate surface area is 137 Å². The molecule has 7 heteroatoms. The molecule has 1 aromatic heterocycles. The van der Waals surface area contributed by atoms with Crippen LogP contribution in [-0.2, 0) is 4.79 Å². The average Bonchev–Trinajstić information content (AvgIpc) is 2.44. The predicted octanol–water partition coefficient (Wildman–Crippen LogP) is 4.37. The molecule has 0 atom stereocenters. The van der Waals surface area contributed by atoms with Gasteiger partial charge in [0.05, 0.1) is 15.1 Å². The molecule has 4 nitrogen and oxygen atoms in total. The zero-order chi connectivity index (χ0) is 15.4. The summed E-state index contributed by atoms with van der Waals surface area (Å²) >= 11 is 17.5. The topological polar surface area (TPSA) is 51.2 Å². The summed E-state index contributed by atoms with van der Waals surface area (Å²) < 4.78 is 5.42. The van der Waals surface area contributed by atoms with E-state index < -0.39 is 0 Å². The molecule has 1 amide bonds. The van der Waals surface area contributed by atoms with Crippen molar-refractivity contribution in [2.75, 3.05) is 11.9 Å². The molecule has 0 aliphatic heterocycles. The van der Waals surface area contributed by atoms with Crippen LogP contribution in [0.1, 0.15) is 5.56 Å². The third kappa shape index (κ3) is 4.49. The first kappa shape index (κ1) is 15.9. The normalized spacial score (nSPS) is 10.3. The number of aromatic nitrogens is 1. The molecule has 1 aromatic carbocycles. The van der Waals surface area contributed by atoms with Gasteiger partial charge in [-0.25, -0.2) is 4.98 Å². The van der Waals surface area contributed by atoms with Gasteiger partial charge < -0.3 is 10.1 Å². The van der Waals surface area contributed by atoms with Crippen molar-refractivity contribution in [1.29, 1.82) is 0 Å². The van der Waals surface area contributed by atoms with Crippen molar-refractivity contribution in [2.24, 2.45) is 0 Å². The molecule has 0 fully saturated rings. The number of amides is 1. The van der Waals surface area contributed by atoms with Crippen molar-refractivity contribution in [2.45, 2.75) is 6.92 Å². The largest absolute Gasteiger partial charge is 0.483 e. The van der Waals surface area contributed by atoms with Crippen LogP contribution in [0.15, 0.2) is 30.5 Å². The number of benzene rings is 1. The summed E-state index contributed by atoms with van der Waals surface area (Å²) in [5.41, 5.74) is 0.793. The lowest BCUT2D eigenvalue weighted by atomic mass is 10.2. The van der Waals surface area contributed by atoms with Crippen LogP contribution in [0, 0.1) is 6.92 Å². The highest BCUT2D eigenvalue weighted by atomic mass is 35.5. The van der Waals surface area contributed by atoms with E-state index in [-0.39, 0.29) is 12.5 Å². The summed E-state index contributed by atoms with van der Waals surface area (Å²) in [6.07, 6.45) is 1.45. The molecule has 0 aliphatic carbocycles. The van der Waals surface area contributed by atoms with Gasteiger partial charge in [0.2, 0.25) is 0 Å². The van der Waals surface area contributed by atoms with Crippen LogP contribution in [-0.4, -0.2) is 17.5 Å². The minimum atomic E-state index is -0.338. The van der Waals surface area contributed by atoms with Gasteiger partial charge >= 0.3 is 0 Å². The van der Waals surface area contributed by atoms with Gasteiger partial charge in [0.1, 0.15) is 11.6 Å². The summed E-state index contributed by atoms with van der Waals surface area (Å²) in [5.74, 6) is 0.567. The second-order valence-electron chi connectivity index (χ2n) is 4.23. The van der Waals surface area contributed by atoms with E-state index in [4.69, 9.17) is 39.5 Å². The number of aryl methyl sites for hydroxylation is 1. The zero-order valence-electron chi connectivity index (χ0n) is 11.0. The van der Waals surface area contributed by atoms with Crippen LogP contribution in [0.2, 0.25) is 15.1 Å². The van der Waals surface area contributed by atoms with E-state index in [9.17, 15) is 4.79 Å². The average molecular weight is 346 g/mol. The molecule has 0 spiro atoms. The Morgan fingerprint density at radius 1 is 1.24 bits per heavy atom. The molecular weight excluding hydrogens is 335 g/mol. The lowest BCUT2D eigenvalue weighted by Gasteiger charge is -2.10. The molecule has 0 radical (unpaired) electrons. The predicted molar refractivity (Wildman–Crippen MR) is 84.6 cm³/mol. The van der Waals surface area contributed by atoms with E-state index >= 15 is 0 Å². The minimum absolute atomic E-state index is 0.164. The van der Waals surface area contributed by atoms with Crippen LogP contribution in [0.25, 0.3) is 0 Å². The maximum absolute atomic E-state index is 11.8. The van der Waals surface area contributed by atoms with Gasteiger partial charge in [-0.1, -0.05) is 34.8 Å². The molecule has 0 bridgehead atoms. The van der Waals surface area contributed by atoms with Gasteiger partial charge in [-0.15, -0.1) is 0 Å². The highest BCUT2D eigenvalue weighted by molar-refractivity contribution is 6.42. The number of hydrogen-bond acceptors (Lipinski definition) is 3. The molecule has 2 rings (SSSR count). The van der Waals surface area contributed by atoms with Crippen LogP contribution in [0.5, 0.6) is 5.75 Å². The van der Waals surface area contributed by atoms with E-state index in [2.05, 4.69) is 10.3 Å².